The molecule has 1 aliphatic heterocycles. The van der Waals surface area contributed by atoms with Gasteiger partial charge in [-0.25, -0.2) is 0 Å². The number of halogens is 3. The van der Waals surface area contributed by atoms with Gasteiger partial charge in [0, 0.05) is 6.61 Å². The fraction of sp³-hybridized carbons (Fsp3) is 0.767. The monoisotopic (exact) mass is 555 g/mol. The number of ether oxygens (including phenoxy) is 3. The Kier molecular flexibility index (Phi) is 10.9. The van der Waals surface area contributed by atoms with Crippen LogP contribution in [0.15, 0.2) is 18.2 Å². The summed E-state index contributed by atoms with van der Waals surface area (Å²) >= 11 is 0. The van der Waals surface area contributed by atoms with E-state index in [9.17, 15) is 23.1 Å². The summed E-state index contributed by atoms with van der Waals surface area (Å²) in [6, 6.07) is 5.69. The largest absolute Gasteiger partial charge is 0.483 e. The van der Waals surface area contributed by atoms with Crippen molar-refractivity contribution in [2.45, 2.75) is 109 Å². The molecule has 1 aromatic rings. The van der Waals surface area contributed by atoms with Gasteiger partial charge >= 0.3 is 6.18 Å². The van der Waals surface area contributed by atoms with Crippen LogP contribution in [0.5, 0.6) is 5.75 Å². The second-order valence-corrected chi connectivity index (χ2v) is 11.5. The Bertz CT molecular complexity index is 920. The predicted octanol–water partition coefficient (Wildman–Crippen LogP) is 5.73. The van der Waals surface area contributed by atoms with E-state index in [2.05, 4.69) is 13.0 Å². The summed E-state index contributed by atoms with van der Waals surface area (Å²) in [5.74, 6) is 0.611. The maximum Gasteiger partial charge on any atom is 0.405 e. The molecule has 39 heavy (non-hydrogen) atoms. The standard InChI is InChI=1S/C30H44F3NO5/c1-2-3-4-9-22(39-29-11-5-6-14-37-29)12-13-23-24-15-20-8-7-10-27(25(20)16-21(24)17-26(23)35)38-18-28(36)34-19-30(31,32)33/h7-8,10,21-24,26,29,35H,2-6,9,11-19H2,1H3,(H,34,36)/t21-,22-,23+,24-,26+,29?/m0/s1. The Labute approximate surface area is 230 Å². The number of nitrogens with one attached hydrogen (secondary N) is 1. The topological polar surface area (TPSA) is 77.0 Å². The van der Waals surface area contributed by atoms with Crippen LogP contribution in [-0.2, 0) is 27.1 Å². The highest BCUT2D eigenvalue weighted by Gasteiger charge is 2.45. The lowest BCUT2D eigenvalue weighted by molar-refractivity contribution is -0.191. The van der Waals surface area contributed by atoms with E-state index in [1.54, 1.807) is 6.07 Å². The number of carbonyl (C=O) groups excluding carboxylic acids is 1. The average molecular weight is 556 g/mol. The highest BCUT2D eigenvalue weighted by atomic mass is 19.4. The summed E-state index contributed by atoms with van der Waals surface area (Å²) in [5.41, 5.74) is 2.14. The van der Waals surface area contributed by atoms with E-state index < -0.39 is 25.2 Å². The van der Waals surface area contributed by atoms with Crippen LogP contribution >= 0.6 is 0 Å². The molecular weight excluding hydrogens is 511 g/mol. The predicted molar refractivity (Wildman–Crippen MR) is 141 cm³/mol. The number of benzene rings is 1. The van der Waals surface area contributed by atoms with Crippen molar-refractivity contribution in [3.05, 3.63) is 29.3 Å². The zero-order valence-electron chi connectivity index (χ0n) is 23.0. The second-order valence-electron chi connectivity index (χ2n) is 11.5. The van der Waals surface area contributed by atoms with Crippen molar-refractivity contribution in [3.63, 3.8) is 0 Å². The van der Waals surface area contributed by atoms with Crippen LogP contribution in [0.2, 0.25) is 0 Å². The zero-order chi connectivity index (χ0) is 27.8. The number of aliphatic hydroxyl groups is 1. The molecule has 0 bridgehead atoms. The Hall–Kier alpha value is -1.84. The number of aliphatic hydroxyl groups excluding tert-OH is 1. The van der Waals surface area contributed by atoms with E-state index in [1.807, 2.05) is 11.4 Å². The van der Waals surface area contributed by atoms with E-state index in [0.29, 0.717) is 17.6 Å². The fourth-order valence-corrected chi connectivity index (χ4v) is 6.65. The minimum Gasteiger partial charge on any atom is -0.483 e. The molecule has 2 N–H and O–H groups in total. The molecule has 2 fully saturated rings. The third-order valence-electron chi connectivity index (χ3n) is 8.62. The van der Waals surface area contributed by atoms with E-state index in [1.165, 1.54) is 12.8 Å². The van der Waals surface area contributed by atoms with Crippen molar-refractivity contribution in [2.24, 2.45) is 17.8 Å². The Morgan fingerprint density at radius 3 is 2.79 bits per heavy atom. The number of unbranched alkanes of at least 4 members (excludes halogenated alkanes) is 2. The summed E-state index contributed by atoms with van der Waals surface area (Å²) in [5, 5.41) is 12.9. The summed E-state index contributed by atoms with van der Waals surface area (Å²) in [6.07, 6.45) is 7.02. The number of carbonyl (C=O) groups is 1. The van der Waals surface area contributed by atoms with Crippen molar-refractivity contribution in [2.75, 3.05) is 19.8 Å². The lowest BCUT2D eigenvalue weighted by Gasteiger charge is -2.33. The van der Waals surface area contributed by atoms with Crippen molar-refractivity contribution >= 4 is 5.91 Å². The molecule has 1 saturated heterocycles. The van der Waals surface area contributed by atoms with Crippen molar-refractivity contribution in [1.29, 1.82) is 0 Å². The van der Waals surface area contributed by atoms with Crippen LogP contribution in [0.4, 0.5) is 13.2 Å². The van der Waals surface area contributed by atoms with Crippen LogP contribution in [0.1, 0.15) is 82.3 Å². The summed E-state index contributed by atoms with van der Waals surface area (Å²) in [7, 11) is 0. The highest BCUT2D eigenvalue weighted by Crippen LogP contribution is 2.48. The van der Waals surface area contributed by atoms with E-state index in [0.717, 1.165) is 81.9 Å². The maximum absolute atomic E-state index is 12.4. The van der Waals surface area contributed by atoms with Gasteiger partial charge in [-0.15, -0.1) is 0 Å². The zero-order valence-corrected chi connectivity index (χ0v) is 23.0. The first-order chi connectivity index (χ1) is 18.7. The molecule has 6 atom stereocenters. The number of alkyl halides is 3. The summed E-state index contributed by atoms with van der Waals surface area (Å²) in [6.45, 7) is 1.13. The third kappa shape index (κ3) is 8.82. The van der Waals surface area contributed by atoms with Crippen molar-refractivity contribution < 1.29 is 37.3 Å². The molecule has 1 aromatic carbocycles. The molecule has 1 unspecified atom stereocenters. The Balaban J connectivity index is 1.34. The number of fused-ring (bicyclic) bond motifs is 2. The van der Waals surface area contributed by atoms with Gasteiger partial charge in [0.15, 0.2) is 12.9 Å². The molecule has 4 rings (SSSR count). The van der Waals surface area contributed by atoms with Gasteiger partial charge in [0.2, 0.25) is 0 Å². The molecule has 9 heteroatoms. The van der Waals surface area contributed by atoms with Gasteiger partial charge in [-0.1, -0.05) is 38.3 Å². The molecule has 1 saturated carbocycles. The minimum atomic E-state index is -4.46. The summed E-state index contributed by atoms with van der Waals surface area (Å²) < 4.78 is 55.1. The van der Waals surface area contributed by atoms with Gasteiger partial charge in [-0.05, 0) is 92.7 Å². The summed E-state index contributed by atoms with van der Waals surface area (Å²) in [4.78, 5) is 11.8. The Morgan fingerprint density at radius 2 is 2.05 bits per heavy atom. The molecule has 2 aliphatic carbocycles. The Morgan fingerprint density at radius 1 is 1.21 bits per heavy atom. The fourth-order valence-electron chi connectivity index (χ4n) is 6.65. The number of amides is 1. The van der Waals surface area contributed by atoms with Crippen LogP contribution in [0.25, 0.3) is 0 Å². The SMILES string of the molecule is CCCCC[C@@H](CC[C@@H]1[C@H]2Cc3cccc(OCC(=O)NCC(F)(F)F)c3C[C@H]2C[C@H]1O)OC1CCCCO1. The molecule has 0 aromatic heterocycles. The van der Waals surface area contributed by atoms with Gasteiger partial charge in [0.25, 0.3) is 5.91 Å². The smallest absolute Gasteiger partial charge is 0.405 e. The van der Waals surface area contributed by atoms with Gasteiger partial charge in [-0.2, -0.15) is 13.2 Å². The van der Waals surface area contributed by atoms with E-state index >= 15 is 0 Å². The van der Waals surface area contributed by atoms with Crippen LogP contribution in [0, 0.1) is 17.8 Å². The molecule has 3 aliphatic rings. The molecule has 220 valence electrons. The molecule has 0 spiro atoms. The van der Waals surface area contributed by atoms with Gasteiger partial charge in [0.1, 0.15) is 12.3 Å². The minimum absolute atomic E-state index is 0.109. The average Bonchev–Trinajstić information content (AvgIpc) is 3.21. The van der Waals surface area contributed by atoms with Crippen LogP contribution in [-0.4, -0.2) is 55.4 Å². The first kappa shape index (κ1) is 30.1. The number of hydrogen-bond acceptors (Lipinski definition) is 5. The second kappa shape index (κ2) is 14.2. The van der Waals surface area contributed by atoms with E-state index in [4.69, 9.17) is 14.2 Å². The van der Waals surface area contributed by atoms with Gasteiger partial charge in [-0.3, -0.25) is 4.79 Å². The van der Waals surface area contributed by atoms with Gasteiger partial charge in [0.05, 0.1) is 12.2 Å². The third-order valence-corrected chi connectivity index (χ3v) is 8.62. The highest BCUT2D eigenvalue weighted by molar-refractivity contribution is 5.77. The molecule has 6 nitrogen and oxygen atoms in total. The van der Waals surface area contributed by atoms with Crippen molar-refractivity contribution in [3.8, 4) is 5.75 Å². The van der Waals surface area contributed by atoms with Gasteiger partial charge < -0.3 is 24.6 Å². The molecule has 0 radical (unpaired) electrons. The molecular formula is C30H44F3NO5. The normalized spacial score (nSPS) is 27.5. The van der Waals surface area contributed by atoms with Crippen molar-refractivity contribution in [1.82, 2.24) is 5.32 Å². The number of hydrogen-bond donors (Lipinski definition) is 2. The lowest BCUT2D eigenvalue weighted by Crippen LogP contribution is -2.36. The molecule has 1 heterocycles. The van der Waals surface area contributed by atoms with Crippen LogP contribution < -0.4 is 10.1 Å². The first-order valence-electron chi connectivity index (χ1n) is 14.8. The lowest BCUT2D eigenvalue weighted by atomic mass is 9.73. The first-order valence-corrected chi connectivity index (χ1v) is 14.8. The number of rotatable bonds is 13. The maximum atomic E-state index is 12.4. The quantitative estimate of drug-likeness (QED) is 0.304. The molecule has 1 amide bonds. The van der Waals surface area contributed by atoms with E-state index in [-0.39, 0.29) is 24.4 Å². The van der Waals surface area contributed by atoms with Crippen LogP contribution in [0.3, 0.4) is 0 Å².